The van der Waals surface area contributed by atoms with Crippen molar-refractivity contribution in [2.24, 2.45) is 0 Å². The Morgan fingerprint density at radius 3 is 2.48 bits per heavy atom. The summed E-state index contributed by atoms with van der Waals surface area (Å²) in [7, 11) is 0. The second-order valence-corrected chi connectivity index (χ2v) is 7.08. The van der Waals surface area contributed by atoms with Crippen LogP contribution in [0.25, 0.3) is 0 Å². The topological polar surface area (TPSA) is 52.5 Å². The smallest absolute Gasteiger partial charge is 0.134 e. The monoisotopic (exact) mass is 338 g/mol. The lowest BCUT2D eigenvalue weighted by atomic mass is 9.89. The highest BCUT2D eigenvalue weighted by molar-refractivity contribution is 5.51. The first-order valence-corrected chi connectivity index (χ1v) is 9.34. The third kappa shape index (κ3) is 3.47. The van der Waals surface area contributed by atoms with Gasteiger partial charge in [-0.3, -0.25) is 0 Å². The SMILES string of the molecule is OC[C@H]1CCCN1c1cc(N2CCC(c3ccccc3)CC2)ncn1. The number of rotatable bonds is 4. The summed E-state index contributed by atoms with van der Waals surface area (Å²) >= 11 is 0. The third-order valence-electron chi connectivity index (χ3n) is 5.61. The molecule has 2 aromatic rings. The number of aliphatic hydroxyl groups excluding tert-OH is 1. The van der Waals surface area contributed by atoms with Crippen LogP contribution in [0.2, 0.25) is 0 Å². The molecule has 0 unspecified atom stereocenters. The Morgan fingerprint density at radius 1 is 0.960 bits per heavy atom. The molecule has 0 radical (unpaired) electrons. The molecular weight excluding hydrogens is 312 g/mol. The zero-order valence-electron chi connectivity index (χ0n) is 14.6. The second kappa shape index (κ2) is 7.40. The normalized spacial score (nSPS) is 21.7. The summed E-state index contributed by atoms with van der Waals surface area (Å²) in [5.74, 6) is 2.61. The lowest BCUT2D eigenvalue weighted by Crippen LogP contribution is -2.35. The maximum absolute atomic E-state index is 9.56. The van der Waals surface area contributed by atoms with Crippen LogP contribution in [0.5, 0.6) is 0 Å². The first-order valence-electron chi connectivity index (χ1n) is 9.34. The molecule has 1 N–H and O–H groups in total. The Hall–Kier alpha value is -2.14. The van der Waals surface area contributed by atoms with Crippen LogP contribution in [0.4, 0.5) is 11.6 Å². The Morgan fingerprint density at radius 2 is 1.72 bits per heavy atom. The van der Waals surface area contributed by atoms with Crippen molar-refractivity contribution >= 4 is 11.6 Å². The molecule has 1 aromatic heterocycles. The summed E-state index contributed by atoms with van der Waals surface area (Å²) in [4.78, 5) is 13.6. The van der Waals surface area contributed by atoms with E-state index >= 15 is 0 Å². The molecular formula is C20H26N4O. The Labute approximate surface area is 149 Å². The number of piperidine rings is 1. The van der Waals surface area contributed by atoms with Crippen LogP contribution < -0.4 is 9.80 Å². The molecule has 2 aliphatic heterocycles. The molecule has 5 heteroatoms. The van der Waals surface area contributed by atoms with E-state index in [4.69, 9.17) is 0 Å². The average molecular weight is 338 g/mol. The van der Waals surface area contributed by atoms with Crippen LogP contribution in [-0.2, 0) is 0 Å². The lowest BCUT2D eigenvalue weighted by molar-refractivity contribution is 0.266. The number of benzene rings is 1. The van der Waals surface area contributed by atoms with Crippen LogP contribution >= 0.6 is 0 Å². The van der Waals surface area contributed by atoms with Crippen LogP contribution in [0, 0.1) is 0 Å². The van der Waals surface area contributed by atoms with E-state index in [-0.39, 0.29) is 12.6 Å². The molecule has 4 rings (SSSR count). The van der Waals surface area contributed by atoms with Gasteiger partial charge in [-0.05, 0) is 37.2 Å². The van der Waals surface area contributed by atoms with E-state index < -0.39 is 0 Å². The molecule has 0 aliphatic carbocycles. The Bertz CT molecular complexity index is 685. The van der Waals surface area contributed by atoms with E-state index in [0.717, 1.165) is 57.0 Å². The van der Waals surface area contributed by atoms with Crippen molar-refractivity contribution in [2.45, 2.75) is 37.6 Å². The van der Waals surface area contributed by atoms with Crippen molar-refractivity contribution < 1.29 is 5.11 Å². The van der Waals surface area contributed by atoms with Gasteiger partial charge in [0, 0.05) is 25.7 Å². The predicted octanol–water partition coefficient (Wildman–Crippen LogP) is 2.82. The van der Waals surface area contributed by atoms with Crippen LogP contribution in [-0.4, -0.2) is 47.4 Å². The minimum absolute atomic E-state index is 0.196. The molecule has 0 saturated carbocycles. The van der Waals surface area contributed by atoms with Gasteiger partial charge in [0.15, 0.2) is 0 Å². The van der Waals surface area contributed by atoms with Crippen LogP contribution in [0.3, 0.4) is 0 Å². The van der Waals surface area contributed by atoms with E-state index in [1.165, 1.54) is 5.56 Å². The highest BCUT2D eigenvalue weighted by Crippen LogP contribution is 2.31. The summed E-state index contributed by atoms with van der Waals surface area (Å²) in [5.41, 5.74) is 1.45. The van der Waals surface area contributed by atoms with Gasteiger partial charge >= 0.3 is 0 Å². The van der Waals surface area contributed by atoms with Crippen molar-refractivity contribution in [2.75, 3.05) is 36.0 Å². The predicted molar refractivity (Wildman–Crippen MR) is 100 cm³/mol. The highest BCUT2D eigenvalue weighted by atomic mass is 16.3. The summed E-state index contributed by atoms with van der Waals surface area (Å²) in [5, 5.41) is 9.56. The largest absolute Gasteiger partial charge is 0.394 e. The quantitative estimate of drug-likeness (QED) is 0.929. The number of aliphatic hydroxyl groups is 1. The third-order valence-corrected chi connectivity index (χ3v) is 5.61. The number of aromatic nitrogens is 2. The standard InChI is InChI=1S/C20H26N4O/c25-14-18-7-4-10-24(18)20-13-19(21-15-22-20)23-11-8-17(9-12-23)16-5-2-1-3-6-16/h1-3,5-6,13,15,17-18,25H,4,7-12,14H2/t18-/m1/s1. The zero-order chi connectivity index (χ0) is 17.1. The fraction of sp³-hybridized carbons (Fsp3) is 0.500. The highest BCUT2D eigenvalue weighted by Gasteiger charge is 2.26. The Kier molecular flexibility index (Phi) is 4.83. The van der Waals surface area contributed by atoms with E-state index in [0.29, 0.717) is 5.92 Å². The number of nitrogens with zero attached hydrogens (tertiary/aromatic N) is 4. The molecule has 2 saturated heterocycles. The van der Waals surface area contributed by atoms with Crippen molar-refractivity contribution in [3.8, 4) is 0 Å². The number of anilines is 2. The van der Waals surface area contributed by atoms with Crippen LogP contribution in [0.1, 0.15) is 37.2 Å². The second-order valence-electron chi connectivity index (χ2n) is 7.08. The maximum Gasteiger partial charge on any atom is 0.134 e. The summed E-state index contributed by atoms with van der Waals surface area (Å²) in [6.07, 6.45) is 6.14. The molecule has 2 aliphatic rings. The minimum atomic E-state index is 0.196. The van der Waals surface area contributed by atoms with Crippen molar-refractivity contribution in [1.29, 1.82) is 0 Å². The lowest BCUT2D eigenvalue weighted by Gasteiger charge is -2.33. The first kappa shape index (κ1) is 16.3. The van der Waals surface area contributed by atoms with Gasteiger partial charge < -0.3 is 14.9 Å². The maximum atomic E-state index is 9.56. The van der Waals surface area contributed by atoms with Crippen molar-refractivity contribution in [3.63, 3.8) is 0 Å². The van der Waals surface area contributed by atoms with Crippen molar-refractivity contribution in [1.82, 2.24) is 9.97 Å². The molecule has 0 spiro atoms. The summed E-state index contributed by atoms with van der Waals surface area (Å²) < 4.78 is 0. The van der Waals surface area contributed by atoms with Gasteiger partial charge in [-0.2, -0.15) is 0 Å². The average Bonchev–Trinajstić information content (AvgIpc) is 3.18. The van der Waals surface area contributed by atoms with E-state index in [2.05, 4.69) is 56.2 Å². The van der Waals surface area contributed by atoms with Gasteiger partial charge in [0.25, 0.3) is 0 Å². The van der Waals surface area contributed by atoms with Crippen molar-refractivity contribution in [3.05, 3.63) is 48.3 Å². The van der Waals surface area contributed by atoms with Gasteiger partial charge in [0.2, 0.25) is 0 Å². The molecule has 1 atom stereocenters. The molecule has 1 aromatic carbocycles. The minimum Gasteiger partial charge on any atom is -0.394 e. The molecule has 2 fully saturated rings. The zero-order valence-corrected chi connectivity index (χ0v) is 14.6. The summed E-state index contributed by atoms with van der Waals surface area (Å²) in [6.45, 7) is 3.22. The molecule has 5 nitrogen and oxygen atoms in total. The molecule has 132 valence electrons. The summed E-state index contributed by atoms with van der Waals surface area (Å²) in [6, 6.07) is 13.1. The van der Waals surface area contributed by atoms with E-state index in [9.17, 15) is 5.11 Å². The van der Waals surface area contributed by atoms with Gasteiger partial charge in [-0.25, -0.2) is 9.97 Å². The van der Waals surface area contributed by atoms with Gasteiger partial charge in [-0.15, -0.1) is 0 Å². The van der Waals surface area contributed by atoms with Gasteiger partial charge in [0.1, 0.15) is 18.0 Å². The van der Waals surface area contributed by atoms with Crippen LogP contribution in [0.15, 0.2) is 42.7 Å². The van der Waals surface area contributed by atoms with E-state index in [1.54, 1.807) is 6.33 Å². The van der Waals surface area contributed by atoms with Gasteiger partial charge in [-0.1, -0.05) is 30.3 Å². The fourth-order valence-corrected chi connectivity index (χ4v) is 4.16. The Balaban J connectivity index is 1.44. The first-order chi connectivity index (χ1) is 12.3. The molecule has 25 heavy (non-hydrogen) atoms. The van der Waals surface area contributed by atoms with E-state index in [1.807, 2.05) is 0 Å². The molecule has 0 amide bonds. The number of hydrogen-bond donors (Lipinski definition) is 1. The number of hydrogen-bond acceptors (Lipinski definition) is 5. The molecule has 0 bridgehead atoms. The molecule has 3 heterocycles. The van der Waals surface area contributed by atoms with Gasteiger partial charge in [0.05, 0.1) is 12.6 Å². The fourth-order valence-electron chi connectivity index (χ4n) is 4.16.